The summed E-state index contributed by atoms with van der Waals surface area (Å²) in [5.41, 5.74) is 2.06. The van der Waals surface area contributed by atoms with E-state index in [0.717, 1.165) is 0 Å². The number of para-hydroxylation sites is 1. The Bertz CT molecular complexity index is 983. The summed E-state index contributed by atoms with van der Waals surface area (Å²) in [6.45, 7) is -0.597. The summed E-state index contributed by atoms with van der Waals surface area (Å²) >= 11 is 0. The van der Waals surface area contributed by atoms with E-state index in [4.69, 9.17) is 10.00 Å². The van der Waals surface area contributed by atoms with Gasteiger partial charge in [-0.05, 0) is 30.3 Å². The first-order valence-electron chi connectivity index (χ1n) is 7.79. The summed E-state index contributed by atoms with van der Waals surface area (Å²) in [7, 11) is 0. The summed E-state index contributed by atoms with van der Waals surface area (Å²) < 4.78 is 5.10. The zero-order valence-electron chi connectivity index (χ0n) is 13.7. The fraction of sp³-hybridized carbons (Fsp3) is 0.105. The van der Waals surface area contributed by atoms with Crippen molar-refractivity contribution in [2.24, 2.45) is 0 Å². The van der Waals surface area contributed by atoms with E-state index in [9.17, 15) is 9.59 Å². The van der Waals surface area contributed by atoms with Gasteiger partial charge in [-0.2, -0.15) is 5.26 Å². The number of nitrogens with zero attached hydrogens (tertiary/aromatic N) is 4. The summed E-state index contributed by atoms with van der Waals surface area (Å²) in [4.78, 5) is 34.1. The minimum atomic E-state index is -0.643. The van der Waals surface area contributed by atoms with Crippen molar-refractivity contribution in [1.82, 2.24) is 9.97 Å². The van der Waals surface area contributed by atoms with Crippen LogP contribution in [0.25, 0.3) is 11.0 Å². The van der Waals surface area contributed by atoms with E-state index in [-0.39, 0.29) is 12.1 Å². The average molecular weight is 346 g/mol. The number of fused-ring (bicyclic) bond motifs is 1. The number of anilines is 1. The van der Waals surface area contributed by atoms with Crippen molar-refractivity contribution >= 4 is 28.6 Å². The lowest BCUT2D eigenvalue weighted by atomic mass is 10.2. The van der Waals surface area contributed by atoms with Crippen molar-refractivity contribution in [2.75, 3.05) is 18.1 Å². The van der Waals surface area contributed by atoms with Gasteiger partial charge in [-0.1, -0.05) is 18.2 Å². The fourth-order valence-electron chi connectivity index (χ4n) is 2.38. The lowest BCUT2D eigenvalue weighted by Crippen LogP contribution is -2.35. The number of esters is 1. The molecule has 26 heavy (non-hydrogen) atoms. The van der Waals surface area contributed by atoms with Gasteiger partial charge in [0.25, 0.3) is 5.91 Å². The van der Waals surface area contributed by atoms with E-state index in [2.05, 4.69) is 9.97 Å². The van der Waals surface area contributed by atoms with Gasteiger partial charge in [0.2, 0.25) is 0 Å². The van der Waals surface area contributed by atoms with Crippen molar-refractivity contribution in [2.45, 2.75) is 0 Å². The van der Waals surface area contributed by atoms with E-state index in [1.54, 1.807) is 54.7 Å². The molecule has 0 N–H and O–H groups in total. The predicted molar refractivity (Wildman–Crippen MR) is 94.2 cm³/mol. The third-order valence-electron chi connectivity index (χ3n) is 3.63. The van der Waals surface area contributed by atoms with Gasteiger partial charge in [0.05, 0.1) is 22.7 Å². The largest absolute Gasteiger partial charge is 0.452 e. The molecule has 0 saturated heterocycles. The van der Waals surface area contributed by atoms with Gasteiger partial charge in [0.15, 0.2) is 6.61 Å². The van der Waals surface area contributed by atoms with Crippen LogP contribution in [0.15, 0.2) is 60.9 Å². The fourth-order valence-corrected chi connectivity index (χ4v) is 2.38. The number of ether oxygens (including phenoxy) is 1. The molecule has 128 valence electrons. The zero-order chi connectivity index (χ0) is 18.4. The maximum Gasteiger partial charge on any atom is 0.338 e. The Kier molecular flexibility index (Phi) is 5.15. The predicted octanol–water partition coefficient (Wildman–Crippen LogP) is 2.34. The zero-order valence-corrected chi connectivity index (χ0v) is 13.7. The topological polar surface area (TPSA) is 96.2 Å². The van der Waals surface area contributed by atoms with Gasteiger partial charge in [-0.25, -0.2) is 4.79 Å². The molecule has 0 aliphatic heterocycles. The van der Waals surface area contributed by atoms with Crippen LogP contribution < -0.4 is 4.90 Å². The van der Waals surface area contributed by atoms with E-state index >= 15 is 0 Å². The lowest BCUT2D eigenvalue weighted by Gasteiger charge is -2.19. The molecule has 0 fully saturated rings. The molecule has 0 bridgehead atoms. The molecule has 1 amide bonds. The molecule has 3 rings (SSSR count). The van der Waals surface area contributed by atoms with Gasteiger partial charge in [-0.3, -0.25) is 19.7 Å². The minimum absolute atomic E-state index is 0.133. The van der Waals surface area contributed by atoms with Crippen molar-refractivity contribution in [3.05, 3.63) is 66.5 Å². The molecule has 1 heterocycles. The first-order chi connectivity index (χ1) is 12.7. The standard InChI is InChI=1S/C19H14N4O3/c20-8-11-23(15-4-2-1-3-5-15)18(24)13-26-19(25)14-6-7-16-17(12-14)22-10-9-21-16/h1-7,9-10,12H,11,13H2. The Hall–Kier alpha value is -3.79. The van der Waals surface area contributed by atoms with Crippen LogP contribution in [0.2, 0.25) is 0 Å². The van der Waals surface area contributed by atoms with Crippen molar-refractivity contribution in [1.29, 1.82) is 5.26 Å². The number of aromatic nitrogens is 2. The molecule has 7 heteroatoms. The van der Waals surface area contributed by atoms with Crippen LogP contribution in [0, 0.1) is 11.3 Å². The summed E-state index contributed by atoms with van der Waals surface area (Å²) in [6, 6.07) is 15.5. The number of hydrogen-bond acceptors (Lipinski definition) is 6. The quantitative estimate of drug-likeness (QED) is 0.520. The second-order valence-corrected chi connectivity index (χ2v) is 5.31. The van der Waals surface area contributed by atoms with Gasteiger partial charge < -0.3 is 4.74 Å². The SMILES string of the molecule is N#CCN(C(=O)COC(=O)c1ccc2nccnc2c1)c1ccccc1. The van der Waals surface area contributed by atoms with E-state index in [0.29, 0.717) is 16.7 Å². The monoisotopic (exact) mass is 346 g/mol. The maximum atomic E-state index is 12.4. The van der Waals surface area contributed by atoms with Gasteiger partial charge in [0.1, 0.15) is 6.54 Å². The molecule has 0 aliphatic carbocycles. The summed E-state index contributed by atoms with van der Waals surface area (Å²) in [5, 5.41) is 8.94. The van der Waals surface area contributed by atoms with Crippen LogP contribution in [0.3, 0.4) is 0 Å². The molecule has 0 radical (unpaired) electrons. The lowest BCUT2D eigenvalue weighted by molar-refractivity contribution is -0.121. The highest BCUT2D eigenvalue weighted by Gasteiger charge is 2.18. The Morgan fingerprint density at radius 2 is 1.77 bits per heavy atom. The Labute approximate surface area is 149 Å². The van der Waals surface area contributed by atoms with Gasteiger partial charge >= 0.3 is 5.97 Å². The smallest absolute Gasteiger partial charge is 0.338 e. The van der Waals surface area contributed by atoms with E-state index in [1.807, 2.05) is 6.07 Å². The molecule has 0 unspecified atom stereocenters. The highest BCUT2D eigenvalue weighted by Crippen LogP contribution is 2.14. The molecule has 0 aliphatic rings. The summed E-state index contributed by atoms with van der Waals surface area (Å²) in [6.07, 6.45) is 3.09. The molecular formula is C19H14N4O3. The molecule has 0 atom stereocenters. The van der Waals surface area contributed by atoms with Crippen LogP contribution in [0.5, 0.6) is 0 Å². The molecule has 2 aromatic carbocycles. The van der Waals surface area contributed by atoms with Gasteiger partial charge in [0, 0.05) is 18.1 Å². The van der Waals surface area contributed by atoms with Crippen LogP contribution in [-0.4, -0.2) is 35.0 Å². The van der Waals surface area contributed by atoms with Crippen LogP contribution in [-0.2, 0) is 9.53 Å². The molecule has 0 spiro atoms. The third kappa shape index (κ3) is 3.82. The highest BCUT2D eigenvalue weighted by atomic mass is 16.5. The van der Waals surface area contributed by atoms with Crippen LogP contribution in [0.1, 0.15) is 10.4 Å². The number of rotatable bonds is 5. The first kappa shape index (κ1) is 17.0. The number of carbonyl (C=O) groups is 2. The van der Waals surface area contributed by atoms with Crippen molar-refractivity contribution < 1.29 is 14.3 Å². The molecule has 3 aromatic rings. The average Bonchev–Trinajstić information content (AvgIpc) is 2.70. The third-order valence-corrected chi connectivity index (χ3v) is 3.63. The summed E-state index contributed by atoms with van der Waals surface area (Å²) in [5.74, 6) is -1.12. The van der Waals surface area contributed by atoms with Gasteiger partial charge in [-0.15, -0.1) is 0 Å². The number of nitriles is 1. The number of hydrogen-bond donors (Lipinski definition) is 0. The minimum Gasteiger partial charge on any atom is -0.452 e. The van der Waals surface area contributed by atoms with Crippen LogP contribution >= 0.6 is 0 Å². The van der Waals surface area contributed by atoms with Crippen molar-refractivity contribution in [3.8, 4) is 6.07 Å². The maximum absolute atomic E-state index is 12.4. The Morgan fingerprint density at radius 3 is 2.50 bits per heavy atom. The van der Waals surface area contributed by atoms with E-state index in [1.165, 1.54) is 11.1 Å². The van der Waals surface area contributed by atoms with E-state index < -0.39 is 18.5 Å². The second kappa shape index (κ2) is 7.85. The molecule has 7 nitrogen and oxygen atoms in total. The molecule has 0 saturated carbocycles. The molecule has 1 aromatic heterocycles. The second-order valence-electron chi connectivity index (χ2n) is 5.31. The number of benzene rings is 2. The highest BCUT2D eigenvalue weighted by molar-refractivity contribution is 5.98. The van der Waals surface area contributed by atoms with Crippen molar-refractivity contribution in [3.63, 3.8) is 0 Å². The Balaban J connectivity index is 1.69. The number of amides is 1. The normalized spacial score (nSPS) is 10.1. The first-order valence-corrected chi connectivity index (χ1v) is 7.79. The Morgan fingerprint density at radius 1 is 1.04 bits per heavy atom. The molecular weight excluding hydrogens is 332 g/mol. The van der Waals surface area contributed by atoms with Crippen LogP contribution in [0.4, 0.5) is 5.69 Å². The number of carbonyl (C=O) groups excluding carboxylic acids is 2.